The molecule has 0 heterocycles. The van der Waals surface area contributed by atoms with Gasteiger partial charge in [0.15, 0.2) is 0 Å². The SMILES string of the molecule is CC(C)=CC(C)(CO)NC(=O)OC(C)(C)C. The standard InChI is InChI=1S/C12H23NO3/c1-9(2)7-12(6,8-14)13-10(15)16-11(3,4)5/h7,14H,8H2,1-6H3,(H,13,15). The van der Waals surface area contributed by atoms with Crippen LogP contribution in [-0.4, -0.2) is 28.9 Å². The Kier molecular flexibility index (Phi) is 5.00. The Morgan fingerprint density at radius 2 is 1.81 bits per heavy atom. The molecule has 4 heteroatoms. The fourth-order valence-electron chi connectivity index (χ4n) is 1.30. The summed E-state index contributed by atoms with van der Waals surface area (Å²) in [6.07, 6.45) is 1.28. The van der Waals surface area contributed by atoms with E-state index in [-0.39, 0.29) is 6.61 Å². The van der Waals surface area contributed by atoms with E-state index in [2.05, 4.69) is 5.32 Å². The summed E-state index contributed by atoms with van der Waals surface area (Å²) in [5, 5.41) is 11.9. The number of hydrogen-bond donors (Lipinski definition) is 2. The van der Waals surface area contributed by atoms with Gasteiger partial charge in [-0.05, 0) is 41.5 Å². The molecule has 0 aliphatic carbocycles. The molecule has 0 spiro atoms. The van der Waals surface area contributed by atoms with Gasteiger partial charge in [-0.15, -0.1) is 0 Å². The zero-order chi connectivity index (χ0) is 13.0. The Morgan fingerprint density at radius 3 is 2.12 bits per heavy atom. The first kappa shape index (κ1) is 15.0. The molecule has 0 saturated carbocycles. The minimum Gasteiger partial charge on any atom is -0.444 e. The van der Waals surface area contributed by atoms with Gasteiger partial charge < -0.3 is 15.2 Å². The second-order valence-electron chi connectivity index (χ2n) is 5.42. The van der Waals surface area contributed by atoms with Crippen molar-refractivity contribution in [1.29, 1.82) is 0 Å². The molecule has 0 aromatic heterocycles. The van der Waals surface area contributed by atoms with E-state index in [1.807, 2.05) is 13.8 Å². The van der Waals surface area contributed by atoms with E-state index in [9.17, 15) is 9.90 Å². The molecule has 0 radical (unpaired) electrons. The largest absolute Gasteiger partial charge is 0.444 e. The summed E-state index contributed by atoms with van der Waals surface area (Å²) in [4.78, 5) is 11.5. The van der Waals surface area contributed by atoms with Crippen molar-refractivity contribution in [3.63, 3.8) is 0 Å². The minimum atomic E-state index is -0.777. The van der Waals surface area contributed by atoms with Gasteiger partial charge in [0.25, 0.3) is 0 Å². The summed E-state index contributed by atoms with van der Waals surface area (Å²) >= 11 is 0. The predicted octanol–water partition coefficient (Wildman–Crippen LogP) is 2.23. The molecular formula is C12H23NO3. The Balaban J connectivity index is 4.56. The van der Waals surface area contributed by atoms with Crippen LogP contribution in [0.15, 0.2) is 11.6 Å². The quantitative estimate of drug-likeness (QED) is 0.730. The van der Waals surface area contributed by atoms with E-state index in [0.29, 0.717) is 0 Å². The monoisotopic (exact) mass is 229 g/mol. The van der Waals surface area contributed by atoms with Gasteiger partial charge in [0.2, 0.25) is 0 Å². The highest BCUT2D eigenvalue weighted by atomic mass is 16.6. The summed E-state index contributed by atoms with van der Waals surface area (Å²) < 4.78 is 5.13. The number of amides is 1. The zero-order valence-corrected chi connectivity index (χ0v) is 11.0. The Labute approximate surface area is 97.7 Å². The van der Waals surface area contributed by atoms with Gasteiger partial charge in [0, 0.05) is 0 Å². The van der Waals surface area contributed by atoms with Crippen molar-refractivity contribution in [2.24, 2.45) is 0 Å². The molecule has 0 rings (SSSR count). The molecule has 1 unspecified atom stereocenters. The maximum absolute atomic E-state index is 11.5. The lowest BCUT2D eigenvalue weighted by Gasteiger charge is -2.28. The summed E-state index contributed by atoms with van der Waals surface area (Å²) in [6.45, 7) is 10.8. The number of aliphatic hydroxyl groups is 1. The number of alkyl carbamates (subject to hydrolysis) is 1. The number of carbonyl (C=O) groups is 1. The van der Waals surface area contributed by atoms with E-state index in [1.54, 1.807) is 33.8 Å². The molecule has 0 aromatic carbocycles. The average Bonchev–Trinajstić information content (AvgIpc) is 1.98. The summed E-state index contributed by atoms with van der Waals surface area (Å²) in [6, 6.07) is 0. The molecule has 94 valence electrons. The highest BCUT2D eigenvalue weighted by Crippen LogP contribution is 2.12. The van der Waals surface area contributed by atoms with Crippen LogP contribution in [-0.2, 0) is 4.74 Å². The Bertz CT molecular complexity index is 274. The first-order chi connectivity index (χ1) is 7.08. The molecule has 0 aromatic rings. The van der Waals surface area contributed by atoms with E-state index in [4.69, 9.17) is 4.74 Å². The maximum atomic E-state index is 11.5. The molecule has 0 saturated heterocycles. The lowest BCUT2D eigenvalue weighted by molar-refractivity contribution is 0.0451. The normalized spacial score (nSPS) is 14.9. The van der Waals surface area contributed by atoms with Crippen molar-refractivity contribution in [2.45, 2.75) is 52.7 Å². The van der Waals surface area contributed by atoms with Gasteiger partial charge in [-0.25, -0.2) is 4.79 Å². The molecule has 0 aliphatic rings. The van der Waals surface area contributed by atoms with Crippen LogP contribution in [0.4, 0.5) is 4.79 Å². The van der Waals surface area contributed by atoms with Crippen LogP contribution in [0.1, 0.15) is 41.5 Å². The van der Waals surface area contributed by atoms with Crippen molar-refractivity contribution in [3.8, 4) is 0 Å². The van der Waals surface area contributed by atoms with Crippen LogP contribution in [0.3, 0.4) is 0 Å². The summed E-state index contributed by atoms with van der Waals surface area (Å²) in [7, 11) is 0. The van der Waals surface area contributed by atoms with Crippen LogP contribution >= 0.6 is 0 Å². The lowest BCUT2D eigenvalue weighted by atomic mass is 10.0. The van der Waals surface area contributed by atoms with Crippen molar-refractivity contribution >= 4 is 6.09 Å². The number of allylic oxidation sites excluding steroid dienone is 1. The first-order valence-corrected chi connectivity index (χ1v) is 5.36. The van der Waals surface area contributed by atoms with Gasteiger partial charge in [0.05, 0.1) is 12.1 Å². The highest BCUT2D eigenvalue weighted by Gasteiger charge is 2.26. The molecule has 1 amide bonds. The first-order valence-electron chi connectivity index (χ1n) is 5.36. The van der Waals surface area contributed by atoms with Crippen molar-refractivity contribution < 1.29 is 14.6 Å². The fraction of sp³-hybridized carbons (Fsp3) is 0.750. The third-order valence-corrected chi connectivity index (χ3v) is 1.72. The minimum absolute atomic E-state index is 0.169. The highest BCUT2D eigenvalue weighted by molar-refractivity contribution is 5.69. The van der Waals surface area contributed by atoms with E-state index < -0.39 is 17.2 Å². The smallest absolute Gasteiger partial charge is 0.408 e. The third-order valence-electron chi connectivity index (χ3n) is 1.72. The van der Waals surface area contributed by atoms with Crippen molar-refractivity contribution in [3.05, 3.63) is 11.6 Å². The number of rotatable bonds is 3. The lowest BCUT2D eigenvalue weighted by Crippen LogP contribution is -2.49. The van der Waals surface area contributed by atoms with Gasteiger partial charge in [0.1, 0.15) is 5.60 Å². The van der Waals surface area contributed by atoms with Crippen LogP contribution in [0, 0.1) is 0 Å². The summed E-state index contributed by atoms with van der Waals surface area (Å²) in [5.74, 6) is 0. The fourth-order valence-corrected chi connectivity index (χ4v) is 1.30. The number of nitrogens with one attached hydrogen (secondary N) is 1. The Morgan fingerprint density at radius 1 is 1.31 bits per heavy atom. The van der Waals surface area contributed by atoms with Crippen molar-refractivity contribution in [1.82, 2.24) is 5.32 Å². The van der Waals surface area contributed by atoms with Crippen LogP contribution in [0.25, 0.3) is 0 Å². The second kappa shape index (κ2) is 5.34. The maximum Gasteiger partial charge on any atom is 0.408 e. The van der Waals surface area contributed by atoms with Crippen LogP contribution in [0.5, 0.6) is 0 Å². The van der Waals surface area contributed by atoms with Crippen molar-refractivity contribution in [2.75, 3.05) is 6.61 Å². The van der Waals surface area contributed by atoms with E-state index in [0.717, 1.165) is 5.57 Å². The van der Waals surface area contributed by atoms with E-state index >= 15 is 0 Å². The topological polar surface area (TPSA) is 58.6 Å². The van der Waals surface area contributed by atoms with E-state index in [1.165, 1.54) is 0 Å². The van der Waals surface area contributed by atoms with Crippen LogP contribution < -0.4 is 5.32 Å². The molecular weight excluding hydrogens is 206 g/mol. The van der Waals surface area contributed by atoms with Gasteiger partial charge in [-0.3, -0.25) is 0 Å². The molecule has 0 aliphatic heterocycles. The molecule has 0 bridgehead atoms. The van der Waals surface area contributed by atoms with Gasteiger partial charge in [-0.2, -0.15) is 0 Å². The molecule has 1 atom stereocenters. The molecule has 0 fully saturated rings. The molecule has 2 N–H and O–H groups in total. The Hall–Kier alpha value is -1.03. The van der Waals surface area contributed by atoms with Gasteiger partial charge in [-0.1, -0.05) is 11.6 Å². The third kappa shape index (κ3) is 6.45. The second-order valence-corrected chi connectivity index (χ2v) is 5.42. The number of hydrogen-bond acceptors (Lipinski definition) is 3. The zero-order valence-electron chi connectivity index (χ0n) is 11.0. The summed E-state index contributed by atoms with van der Waals surface area (Å²) in [5.41, 5.74) is -0.292. The molecule has 4 nitrogen and oxygen atoms in total. The number of aliphatic hydroxyl groups excluding tert-OH is 1. The predicted molar refractivity (Wildman–Crippen MR) is 64.3 cm³/mol. The van der Waals surface area contributed by atoms with Gasteiger partial charge >= 0.3 is 6.09 Å². The molecule has 16 heavy (non-hydrogen) atoms. The van der Waals surface area contributed by atoms with Crippen LogP contribution in [0.2, 0.25) is 0 Å². The number of carbonyl (C=O) groups excluding carboxylic acids is 1. The number of ether oxygens (including phenoxy) is 1. The average molecular weight is 229 g/mol.